The van der Waals surface area contributed by atoms with E-state index >= 15 is 0 Å². The van der Waals surface area contributed by atoms with Crippen LogP contribution in [0.2, 0.25) is 0 Å². The zero-order valence-electron chi connectivity index (χ0n) is 14.8. The van der Waals surface area contributed by atoms with Crippen molar-refractivity contribution in [2.45, 2.75) is 31.4 Å². The van der Waals surface area contributed by atoms with Crippen LogP contribution in [0.1, 0.15) is 35.2 Å². The molecule has 0 aliphatic carbocycles. The molecule has 0 radical (unpaired) electrons. The standard InChI is InChI=1S/C18H18F2N6OS/c19-16(20)13-8-28-9-14(13)23-18(27)12-6-22-26-4-3-15(24-17(12)26)25-7-10-1-2-11(25)5-21-10/h3-4,6,8-11,16,21H,1-2,5,7H2,(H,23,27)/t10-,11-/m0/s1. The topological polar surface area (TPSA) is 74.6 Å². The van der Waals surface area contributed by atoms with Crippen LogP contribution >= 0.6 is 11.3 Å². The van der Waals surface area contributed by atoms with Crippen LogP contribution in [0.5, 0.6) is 0 Å². The van der Waals surface area contributed by atoms with E-state index in [-0.39, 0.29) is 16.8 Å². The summed E-state index contributed by atoms with van der Waals surface area (Å²) >= 11 is 1.12. The van der Waals surface area contributed by atoms with E-state index in [4.69, 9.17) is 0 Å². The Morgan fingerprint density at radius 2 is 2.25 bits per heavy atom. The number of aromatic nitrogens is 3. The molecule has 2 bridgehead atoms. The number of halogens is 2. The normalized spacial score (nSPS) is 21.6. The van der Waals surface area contributed by atoms with Gasteiger partial charge in [-0.15, -0.1) is 11.3 Å². The maximum Gasteiger partial charge on any atom is 0.266 e. The number of nitrogens with one attached hydrogen (secondary N) is 2. The van der Waals surface area contributed by atoms with Crippen molar-refractivity contribution in [2.75, 3.05) is 23.3 Å². The summed E-state index contributed by atoms with van der Waals surface area (Å²) in [7, 11) is 0. The number of piperazine rings is 1. The zero-order valence-corrected chi connectivity index (χ0v) is 15.6. The molecule has 6 rings (SSSR count). The molecule has 3 aliphatic heterocycles. The lowest BCUT2D eigenvalue weighted by Gasteiger charge is -2.46. The fraction of sp³-hybridized carbons (Fsp3) is 0.389. The summed E-state index contributed by atoms with van der Waals surface area (Å²) in [5, 5.41) is 13.1. The van der Waals surface area contributed by atoms with Crippen molar-refractivity contribution in [3.63, 3.8) is 0 Å². The molecule has 28 heavy (non-hydrogen) atoms. The molecule has 1 amide bonds. The van der Waals surface area contributed by atoms with Crippen LogP contribution < -0.4 is 15.5 Å². The molecule has 7 nitrogen and oxygen atoms in total. The minimum atomic E-state index is -2.64. The molecular formula is C18H18F2N6OS. The molecule has 3 saturated heterocycles. The number of fused-ring (bicyclic) bond motifs is 4. The van der Waals surface area contributed by atoms with Gasteiger partial charge in [0.25, 0.3) is 12.3 Å². The molecule has 0 aromatic carbocycles. The first-order valence-corrected chi connectivity index (χ1v) is 10.0. The van der Waals surface area contributed by atoms with Gasteiger partial charge in [0.2, 0.25) is 0 Å². The smallest absolute Gasteiger partial charge is 0.266 e. The number of alkyl halides is 2. The van der Waals surface area contributed by atoms with Crippen molar-refractivity contribution in [2.24, 2.45) is 0 Å². The molecule has 0 unspecified atom stereocenters. The van der Waals surface area contributed by atoms with Crippen LogP contribution in [0.4, 0.5) is 20.3 Å². The Hall–Kier alpha value is -2.59. The van der Waals surface area contributed by atoms with Gasteiger partial charge in [0.05, 0.1) is 17.4 Å². The molecule has 3 fully saturated rings. The number of thiophene rings is 1. The minimum absolute atomic E-state index is 0.125. The Kier molecular flexibility index (Phi) is 4.24. The quantitative estimate of drug-likeness (QED) is 0.700. The predicted octanol–water partition coefficient (Wildman–Crippen LogP) is 2.92. The summed E-state index contributed by atoms with van der Waals surface area (Å²) in [6.07, 6.45) is 2.83. The third kappa shape index (κ3) is 2.92. The average molecular weight is 404 g/mol. The highest BCUT2D eigenvalue weighted by atomic mass is 32.1. The molecule has 3 aliphatic rings. The summed E-state index contributed by atoms with van der Waals surface area (Å²) in [5.74, 6) is 0.309. The molecule has 146 valence electrons. The summed E-state index contributed by atoms with van der Waals surface area (Å²) in [6, 6.07) is 2.75. The van der Waals surface area contributed by atoms with Crippen LogP contribution in [0, 0.1) is 0 Å². The van der Waals surface area contributed by atoms with E-state index in [9.17, 15) is 13.6 Å². The summed E-state index contributed by atoms with van der Waals surface area (Å²) < 4.78 is 27.6. The van der Waals surface area contributed by atoms with E-state index in [0.717, 1.165) is 43.1 Å². The number of carbonyl (C=O) groups excluding carboxylic acids is 1. The molecule has 3 aromatic rings. The van der Waals surface area contributed by atoms with E-state index in [0.29, 0.717) is 17.7 Å². The Morgan fingerprint density at radius 3 is 2.96 bits per heavy atom. The van der Waals surface area contributed by atoms with Crippen LogP contribution in [-0.4, -0.2) is 45.7 Å². The lowest BCUT2D eigenvalue weighted by molar-refractivity contribution is 0.102. The van der Waals surface area contributed by atoms with E-state index < -0.39 is 12.3 Å². The molecule has 2 N–H and O–H groups in total. The van der Waals surface area contributed by atoms with Crippen molar-refractivity contribution in [3.8, 4) is 0 Å². The summed E-state index contributed by atoms with van der Waals surface area (Å²) in [4.78, 5) is 19.7. The van der Waals surface area contributed by atoms with Gasteiger partial charge < -0.3 is 15.5 Å². The number of amides is 1. The lowest BCUT2D eigenvalue weighted by Crippen LogP contribution is -2.61. The van der Waals surface area contributed by atoms with Crippen LogP contribution in [0.25, 0.3) is 5.65 Å². The minimum Gasteiger partial charge on any atom is -0.351 e. The second-order valence-electron chi connectivity index (χ2n) is 7.10. The van der Waals surface area contributed by atoms with Gasteiger partial charge in [0, 0.05) is 42.1 Å². The van der Waals surface area contributed by atoms with Gasteiger partial charge >= 0.3 is 0 Å². The molecular weight excluding hydrogens is 386 g/mol. The SMILES string of the molecule is O=C(Nc1cscc1C(F)F)c1cnn2ccc(N3C[C@@H]4CC[C@H]3CN4)nc12. The van der Waals surface area contributed by atoms with Crippen molar-refractivity contribution in [3.05, 3.63) is 40.3 Å². The highest BCUT2D eigenvalue weighted by Crippen LogP contribution is 2.31. The first-order chi connectivity index (χ1) is 13.6. The summed E-state index contributed by atoms with van der Waals surface area (Å²) in [6.45, 7) is 1.81. The Balaban J connectivity index is 1.45. The lowest BCUT2D eigenvalue weighted by atomic mass is 9.93. The molecule has 0 saturated carbocycles. The van der Waals surface area contributed by atoms with E-state index in [2.05, 4.69) is 25.6 Å². The Bertz CT molecular complexity index is 1030. The predicted molar refractivity (Wildman–Crippen MR) is 102 cm³/mol. The van der Waals surface area contributed by atoms with Crippen molar-refractivity contribution in [1.29, 1.82) is 0 Å². The number of nitrogens with zero attached hydrogens (tertiary/aromatic N) is 4. The van der Waals surface area contributed by atoms with Crippen LogP contribution in [-0.2, 0) is 0 Å². The van der Waals surface area contributed by atoms with Gasteiger partial charge in [-0.2, -0.15) is 5.10 Å². The van der Waals surface area contributed by atoms with Crippen molar-refractivity contribution >= 4 is 34.4 Å². The van der Waals surface area contributed by atoms with Gasteiger partial charge in [-0.05, 0) is 18.9 Å². The van der Waals surface area contributed by atoms with Crippen molar-refractivity contribution < 1.29 is 13.6 Å². The number of hydrogen-bond donors (Lipinski definition) is 2. The molecule has 3 aromatic heterocycles. The molecule has 2 atom stereocenters. The fourth-order valence-corrected chi connectivity index (χ4v) is 4.71. The van der Waals surface area contributed by atoms with Crippen LogP contribution in [0.15, 0.2) is 29.2 Å². The number of hydrogen-bond acceptors (Lipinski definition) is 6. The van der Waals surface area contributed by atoms with Gasteiger partial charge in [0.1, 0.15) is 11.4 Å². The molecule has 0 spiro atoms. The number of carbonyl (C=O) groups is 1. The number of piperidine rings is 2. The van der Waals surface area contributed by atoms with Gasteiger partial charge in [-0.3, -0.25) is 4.79 Å². The second kappa shape index (κ2) is 6.78. The first-order valence-electron chi connectivity index (χ1n) is 9.10. The van der Waals surface area contributed by atoms with Crippen LogP contribution in [0.3, 0.4) is 0 Å². The Labute approximate surface area is 163 Å². The van der Waals surface area contributed by atoms with Crippen molar-refractivity contribution in [1.82, 2.24) is 19.9 Å². The molecule has 6 heterocycles. The maximum absolute atomic E-state index is 13.1. The van der Waals surface area contributed by atoms with Gasteiger partial charge in [-0.1, -0.05) is 0 Å². The Morgan fingerprint density at radius 1 is 1.36 bits per heavy atom. The van der Waals surface area contributed by atoms with E-state index in [1.807, 2.05) is 6.07 Å². The summed E-state index contributed by atoms with van der Waals surface area (Å²) in [5.41, 5.74) is 0.618. The average Bonchev–Trinajstić information content (AvgIpc) is 3.35. The largest absolute Gasteiger partial charge is 0.351 e. The third-order valence-corrected chi connectivity index (χ3v) is 6.18. The third-order valence-electron chi connectivity index (χ3n) is 5.42. The maximum atomic E-state index is 13.1. The van der Waals surface area contributed by atoms with E-state index in [1.54, 1.807) is 6.20 Å². The zero-order chi connectivity index (χ0) is 19.3. The highest BCUT2D eigenvalue weighted by molar-refractivity contribution is 7.08. The first kappa shape index (κ1) is 17.5. The van der Waals surface area contributed by atoms with E-state index in [1.165, 1.54) is 21.5 Å². The van der Waals surface area contributed by atoms with Gasteiger partial charge in [0.15, 0.2) is 5.65 Å². The monoisotopic (exact) mass is 404 g/mol. The van der Waals surface area contributed by atoms with Gasteiger partial charge in [-0.25, -0.2) is 18.3 Å². The second-order valence-corrected chi connectivity index (χ2v) is 7.84. The highest BCUT2D eigenvalue weighted by Gasteiger charge is 2.34. The number of anilines is 2. The molecule has 10 heteroatoms. The number of rotatable bonds is 4. The fourth-order valence-electron chi connectivity index (χ4n) is 3.94.